The fraction of sp³-hybridized carbons (Fsp3) is 0.250. The molecule has 1 saturated heterocycles. The topological polar surface area (TPSA) is 138 Å². The molecule has 0 saturated carbocycles. The minimum absolute atomic E-state index is 0.0356. The van der Waals surface area contributed by atoms with E-state index >= 15 is 0 Å². The number of sulfonamides is 1. The predicted octanol–water partition coefficient (Wildman–Crippen LogP) is 3.07. The van der Waals surface area contributed by atoms with E-state index < -0.39 is 14.9 Å². The lowest BCUT2D eigenvalue weighted by atomic mass is 10.2. The van der Waals surface area contributed by atoms with Crippen LogP contribution in [-0.4, -0.2) is 54.7 Å². The molecule has 36 heavy (non-hydrogen) atoms. The van der Waals surface area contributed by atoms with Crippen molar-refractivity contribution in [3.8, 4) is 0 Å². The zero-order valence-electron chi connectivity index (χ0n) is 19.6. The predicted molar refractivity (Wildman–Crippen MR) is 136 cm³/mol. The first-order valence-corrected chi connectivity index (χ1v) is 12.7. The molecule has 1 fully saturated rings. The fourth-order valence-electron chi connectivity index (χ4n) is 3.97. The third-order valence-electron chi connectivity index (χ3n) is 5.80. The number of nitrogens with one attached hydrogen (secondary N) is 2. The maximum absolute atomic E-state index is 13.1. The molecule has 3 aromatic rings. The van der Waals surface area contributed by atoms with Crippen LogP contribution in [0.4, 0.5) is 22.7 Å². The first-order chi connectivity index (χ1) is 17.2. The Morgan fingerprint density at radius 2 is 1.81 bits per heavy atom. The van der Waals surface area contributed by atoms with Gasteiger partial charge in [-0.2, -0.15) is 4.31 Å². The Labute approximate surface area is 209 Å². The van der Waals surface area contributed by atoms with Crippen molar-refractivity contribution >= 4 is 38.7 Å². The fourth-order valence-corrected chi connectivity index (χ4v) is 5.39. The lowest BCUT2D eigenvalue weighted by Crippen LogP contribution is -2.48. The molecule has 0 atom stereocenters. The van der Waals surface area contributed by atoms with Crippen LogP contribution in [0.1, 0.15) is 12.5 Å². The van der Waals surface area contributed by atoms with Gasteiger partial charge in [0.05, 0.1) is 9.82 Å². The number of hydrogen-bond donors (Lipinski definition) is 2. The van der Waals surface area contributed by atoms with Crippen molar-refractivity contribution in [3.05, 3.63) is 82.7 Å². The molecule has 4 rings (SSSR count). The van der Waals surface area contributed by atoms with E-state index in [1.165, 1.54) is 29.4 Å². The normalized spacial score (nSPS) is 14.3. The third-order valence-corrected chi connectivity index (χ3v) is 7.71. The van der Waals surface area contributed by atoms with Gasteiger partial charge in [0.1, 0.15) is 5.69 Å². The molecule has 0 radical (unpaired) electrons. The van der Waals surface area contributed by atoms with Crippen LogP contribution in [0.2, 0.25) is 0 Å². The number of anilines is 3. The maximum atomic E-state index is 13.1. The smallest absolute Gasteiger partial charge is 0.292 e. The third kappa shape index (κ3) is 5.78. The summed E-state index contributed by atoms with van der Waals surface area (Å²) in [5, 5.41) is 17.3. The van der Waals surface area contributed by atoms with Crippen molar-refractivity contribution in [2.45, 2.75) is 18.4 Å². The molecule has 0 spiro atoms. The highest BCUT2D eigenvalue weighted by Crippen LogP contribution is 2.31. The van der Waals surface area contributed by atoms with Gasteiger partial charge in [0, 0.05) is 69.5 Å². The first kappa shape index (κ1) is 25.1. The largest absolute Gasteiger partial charge is 0.375 e. The first-order valence-electron chi connectivity index (χ1n) is 11.3. The summed E-state index contributed by atoms with van der Waals surface area (Å²) >= 11 is 0. The SMILES string of the molecule is CC(=O)Nc1ccc(S(=O)(=O)N2CCN(c3ccc([N+](=O)[O-])c(NCc4cccnc4)c3)CC2)cc1. The Morgan fingerprint density at radius 1 is 1.08 bits per heavy atom. The second kappa shape index (κ2) is 10.7. The minimum atomic E-state index is -3.69. The van der Waals surface area contributed by atoms with Crippen molar-refractivity contribution in [1.29, 1.82) is 0 Å². The Balaban J connectivity index is 1.44. The molecule has 0 unspecified atom stereocenters. The molecule has 1 aliphatic heterocycles. The van der Waals surface area contributed by atoms with E-state index in [1.807, 2.05) is 11.0 Å². The number of amides is 1. The van der Waals surface area contributed by atoms with Gasteiger partial charge in [-0.25, -0.2) is 8.42 Å². The molecule has 2 heterocycles. The van der Waals surface area contributed by atoms with Crippen molar-refractivity contribution < 1.29 is 18.1 Å². The lowest BCUT2D eigenvalue weighted by molar-refractivity contribution is -0.384. The van der Waals surface area contributed by atoms with Gasteiger partial charge in [-0.05, 0) is 48.0 Å². The van der Waals surface area contributed by atoms with E-state index in [2.05, 4.69) is 15.6 Å². The van der Waals surface area contributed by atoms with Crippen LogP contribution >= 0.6 is 0 Å². The molecular formula is C24H26N6O5S. The van der Waals surface area contributed by atoms with Gasteiger partial charge < -0.3 is 15.5 Å². The number of aromatic nitrogens is 1. The van der Waals surface area contributed by atoms with E-state index in [9.17, 15) is 23.3 Å². The van der Waals surface area contributed by atoms with E-state index in [-0.39, 0.29) is 29.6 Å². The summed E-state index contributed by atoms with van der Waals surface area (Å²) in [6, 6.07) is 14.6. The summed E-state index contributed by atoms with van der Waals surface area (Å²) < 4.78 is 27.6. The van der Waals surface area contributed by atoms with Crippen LogP contribution in [-0.2, 0) is 21.4 Å². The standard InChI is InChI=1S/C24H26N6O5S/c1-18(31)27-20-4-7-22(8-5-20)36(34,35)29-13-11-28(12-14-29)21-6-9-24(30(32)33)23(15-21)26-17-19-3-2-10-25-16-19/h2-10,15-16,26H,11-14,17H2,1H3,(H,27,31). The summed E-state index contributed by atoms with van der Waals surface area (Å²) in [4.78, 5) is 28.5. The number of carbonyl (C=O) groups is 1. The molecule has 12 heteroatoms. The van der Waals surface area contributed by atoms with Crippen LogP contribution < -0.4 is 15.5 Å². The second-order valence-electron chi connectivity index (χ2n) is 8.27. The van der Waals surface area contributed by atoms with Crippen molar-refractivity contribution in [2.75, 3.05) is 41.7 Å². The lowest BCUT2D eigenvalue weighted by Gasteiger charge is -2.35. The number of pyridine rings is 1. The zero-order chi connectivity index (χ0) is 25.7. The maximum Gasteiger partial charge on any atom is 0.292 e. The number of benzene rings is 2. The molecule has 188 valence electrons. The van der Waals surface area contributed by atoms with Crippen LogP contribution in [0.5, 0.6) is 0 Å². The average molecular weight is 511 g/mol. The summed E-state index contributed by atoms with van der Waals surface area (Å²) in [5.41, 5.74) is 2.53. The van der Waals surface area contributed by atoms with Crippen molar-refractivity contribution in [1.82, 2.24) is 9.29 Å². The quantitative estimate of drug-likeness (QED) is 0.348. The van der Waals surface area contributed by atoms with Gasteiger partial charge in [-0.3, -0.25) is 19.9 Å². The van der Waals surface area contributed by atoms with Gasteiger partial charge in [-0.1, -0.05) is 6.07 Å². The van der Waals surface area contributed by atoms with E-state index in [0.29, 0.717) is 31.0 Å². The number of rotatable bonds is 8. The van der Waals surface area contributed by atoms with Gasteiger partial charge in [0.25, 0.3) is 5.69 Å². The summed E-state index contributed by atoms with van der Waals surface area (Å²) in [5.74, 6) is -0.233. The van der Waals surface area contributed by atoms with E-state index in [4.69, 9.17) is 0 Å². The monoisotopic (exact) mass is 510 g/mol. The highest BCUT2D eigenvalue weighted by atomic mass is 32.2. The highest BCUT2D eigenvalue weighted by Gasteiger charge is 2.29. The molecule has 1 aromatic heterocycles. The molecule has 11 nitrogen and oxygen atoms in total. The Bertz CT molecular complexity index is 1340. The van der Waals surface area contributed by atoms with Crippen LogP contribution in [0.25, 0.3) is 0 Å². The summed E-state index contributed by atoms with van der Waals surface area (Å²) in [6.45, 7) is 3.17. The molecule has 0 aliphatic carbocycles. The molecular weight excluding hydrogens is 484 g/mol. The van der Waals surface area contributed by atoms with Gasteiger partial charge in [0.15, 0.2) is 0 Å². The average Bonchev–Trinajstić information content (AvgIpc) is 2.88. The Hall–Kier alpha value is -4.03. The molecule has 1 aliphatic rings. The Morgan fingerprint density at radius 3 is 2.42 bits per heavy atom. The van der Waals surface area contributed by atoms with E-state index in [1.54, 1.807) is 42.7 Å². The zero-order valence-corrected chi connectivity index (χ0v) is 20.4. The number of nitro groups is 1. The molecule has 1 amide bonds. The number of hydrogen-bond acceptors (Lipinski definition) is 8. The van der Waals surface area contributed by atoms with Crippen molar-refractivity contribution in [2.24, 2.45) is 0 Å². The Kier molecular flexibility index (Phi) is 7.46. The second-order valence-corrected chi connectivity index (χ2v) is 10.2. The molecule has 2 aromatic carbocycles. The van der Waals surface area contributed by atoms with Gasteiger partial charge in [-0.15, -0.1) is 0 Å². The van der Waals surface area contributed by atoms with Gasteiger partial charge in [0.2, 0.25) is 15.9 Å². The van der Waals surface area contributed by atoms with Crippen LogP contribution in [0.15, 0.2) is 71.9 Å². The van der Waals surface area contributed by atoms with Gasteiger partial charge >= 0.3 is 0 Å². The molecule has 2 N–H and O–H groups in total. The number of carbonyl (C=O) groups excluding carboxylic acids is 1. The molecule has 0 bridgehead atoms. The van der Waals surface area contributed by atoms with Crippen LogP contribution in [0, 0.1) is 10.1 Å². The van der Waals surface area contributed by atoms with Crippen LogP contribution in [0.3, 0.4) is 0 Å². The number of piperazine rings is 1. The number of nitro benzene ring substituents is 1. The minimum Gasteiger partial charge on any atom is -0.375 e. The van der Waals surface area contributed by atoms with Crippen molar-refractivity contribution in [3.63, 3.8) is 0 Å². The number of nitrogens with zero attached hydrogens (tertiary/aromatic N) is 4. The summed E-state index contributed by atoms with van der Waals surface area (Å²) in [7, 11) is -3.69. The highest BCUT2D eigenvalue weighted by molar-refractivity contribution is 7.89. The summed E-state index contributed by atoms with van der Waals surface area (Å²) in [6.07, 6.45) is 3.35. The van der Waals surface area contributed by atoms with E-state index in [0.717, 1.165) is 11.3 Å².